The molecule has 100 valence electrons. The van der Waals surface area contributed by atoms with E-state index in [2.05, 4.69) is 49.0 Å². The van der Waals surface area contributed by atoms with Gasteiger partial charge in [0.15, 0.2) is 0 Å². The topological polar surface area (TPSA) is 28.2 Å². The van der Waals surface area contributed by atoms with Gasteiger partial charge in [-0.3, -0.25) is 4.98 Å². The van der Waals surface area contributed by atoms with Crippen molar-refractivity contribution < 1.29 is 0 Å². The second-order valence-corrected chi connectivity index (χ2v) is 5.58. The van der Waals surface area contributed by atoms with Gasteiger partial charge in [0, 0.05) is 42.3 Å². The molecule has 0 spiro atoms. The van der Waals surface area contributed by atoms with Crippen molar-refractivity contribution >= 4 is 5.69 Å². The quantitative estimate of drug-likeness (QED) is 0.886. The lowest BCUT2D eigenvalue weighted by atomic mass is 10.1. The van der Waals surface area contributed by atoms with Crippen molar-refractivity contribution in [2.24, 2.45) is 5.92 Å². The number of aryl methyl sites for hydroxylation is 1. The predicted molar refractivity (Wildman–Crippen MR) is 76.9 cm³/mol. The molecule has 1 aromatic rings. The van der Waals surface area contributed by atoms with Gasteiger partial charge < -0.3 is 10.2 Å². The minimum absolute atomic E-state index is 0.641. The van der Waals surface area contributed by atoms with E-state index in [9.17, 15) is 0 Å². The van der Waals surface area contributed by atoms with E-state index in [1.54, 1.807) is 0 Å². The summed E-state index contributed by atoms with van der Waals surface area (Å²) in [5.41, 5.74) is 3.81. The Labute approximate surface area is 111 Å². The number of rotatable bonds is 4. The van der Waals surface area contributed by atoms with Gasteiger partial charge in [-0.15, -0.1) is 0 Å². The minimum Gasteiger partial charge on any atom is -0.368 e. The van der Waals surface area contributed by atoms with Crippen molar-refractivity contribution in [3.63, 3.8) is 0 Å². The van der Waals surface area contributed by atoms with Crippen LogP contribution in [0.25, 0.3) is 0 Å². The fraction of sp³-hybridized carbons (Fsp3) is 0.667. The number of nitrogens with zero attached hydrogens (tertiary/aromatic N) is 2. The van der Waals surface area contributed by atoms with E-state index in [4.69, 9.17) is 0 Å². The molecule has 0 aliphatic carbocycles. The Bertz CT molecular complexity index is 403. The molecule has 1 fully saturated rings. The van der Waals surface area contributed by atoms with Crippen LogP contribution < -0.4 is 10.2 Å². The fourth-order valence-electron chi connectivity index (χ4n) is 2.87. The summed E-state index contributed by atoms with van der Waals surface area (Å²) in [7, 11) is 0. The molecule has 1 N–H and O–H groups in total. The van der Waals surface area contributed by atoms with Crippen LogP contribution in [0.15, 0.2) is 12.3 Å². The maximum absolute atomic E-state index is 4.44. The zero-order valence-electron chi connectivity index (χ0n) is 12.0. The molecule has 3 heteroatoms. The van der Waals surface area contributed by atoms with Crippen LogP contribution in [0.1, 0.15) is 38.4 Å². The molecule has 0 aromatic carbocycles. The zero-order chi connectivity index (χ0) is 13.1. The summed E-state index contributed by atoms with van der Waals surface area (Å²) in [5, 5.41) is 3.41. The Kier molecular flexibility index (Phi) is 4.23. The third kappa shape index (κ3) is 2.83. The van der Waals surface area contributed by atoms with Crippen molar-refractivity contribution in [2.45, 2.75) is 46.7 Å². The van der Waals surface area contributed by atoms with Crippen LogP contribution in [-0.4, -0.2) is 24.1 Å². The Morgan fingerprint density at radius 2 is 2.22 bits per heavy atom. The zero-order valence-corrected chi connectivity index (χ0v) is 12.0. The molecule has 3 nitrogen and oxygen atoms in total. The largest absolute Gasteiger partial charge is 0.368 e. The summed E-state index contributed by atoms with van der Waals surface area (Å²) in [4.78, 5) is 6.99. The van der Waals surface area contributed by atoms with E-state index in [0.717, 1.165) is 24.7 Å². The maximum Gasteiger partial charge on any atom is 0.0448 e. The SMILES string of the molecule is CCNCc1cnc(C)cc1N1CC(C)CC1C. The number of pyridine rings is 1. The van der Waals surface area contributed by atoms with Crippen molar-refractivity contribution in [3.8, 4) is 0 Å². The molecular formula is C15H25N3. The molecule has 0 bridgehead atoms. The number of hydrogen-bond donors (Lipinski definition) is 1. The lowest BCUT2D eigenvalue weighted by Crippen LogP contribution is -2.29. The molecule has 1 aliphatic heterocycles. The van der Waals surface area contributed by atoms with Crippen molar-refractivity contribution in [2.75, 3.05) is 18.0 Å². The van der Waals surface area contributed by atoms with E-state index in [-0.39, 0.29) is 0 Å². The average Bonchev–Trinajstić information content (AvgIpc) is 2.67. The Balaban J connectivity index is 2.26. The standard InChI is InChI=1S/C15H25N3/c1-5-16-8-14-9-17-12(3)7-15(14)18-10-11(2)6-13(18)4/h7,9,11,13,16H,5-6,8,10H2,1-4H3. The van der Waals surface area contributed by atoms with Gasteiger partial charge >= 0.3 is 0 Å². The molecule has 0 saturated carbocycles. The smallest absolute Gasteiger partial charge is 0.0448 e. The van der Waals surface area contributed by atoms with Gasteiger partial charge in [-0.2, -0.15) is 0 Å². The summed E-state index contributed by atoms with van der Waals surface area (Å²) in [6.45, 7) is 12.0. The first kappa shape index (κ1) is 13.3. The van der Waals surface area contributed by atoms with Crippen LogP contribution in [-0.2, 0) is 6.54 Å². The summed E-state index contributed by atoms with van der Waals surface area (Å²) in [6.07, 6.45) is 3.32. The van der Waals surface area contributed by atoms with Crippen LogP contribution in [0.5, 0.6) is 0 Å². The average molecular weight is 247 g/mol. The molecule has 1 aliphatic rings. The van der Waals surface area contributed by atoms with E-state index < -0.39 is 0 Å². The van der Waals surface area contributed by atoms with Crippen LogP contribution >= 0.6 is 0 Å². The molecular weight excluding hydrogens is 222 g/mol. The molecule has 2 heterocycles. The number of aromatic nitrogens is 1. The van der Waals surface area contributed by atoms with Gasteiger partial charge in [-0.05, 0) is 38.8 Å². The molecule has 2 atom stereocenters. The van der Waals surface area contributed by atoms with E-state index in [1.165, 1.54) is 24.2 Å². The van der Waals surface area contributed by atoms with Crippen LogP contribution in [0.3, 0.4) is 0 Å². The van der Waals surface area contributed by atoms with E-state index >= 15 is 0 Å². The second-order valence-electron chi connectivity index (χ2n) is 5.58. The molecule has 2 unspecified atom stereocenters. The Morgan fingerprint density at radius 3 is 2.83 bits per heavy atom. The highest BCUT2D eigenvalue weighted by atomic mass is 15.2. The number of nitrogens with one attached hydrogen (secondary N) is 1. The molecule has 0 radical (unpaired) electrons. The molecule has 1 aromatic heterocycles. The monoisotopic (exact) mass is 247 g/mol. The highest BCUT2D eigenvalue weighted by Crippen LogP contribution is 2.31. The third-order valence-electron chi connectivity index (χ3n) is 3.76. The first-order chi connectivity index (χ1) is 8.61. The summed E-state index contributed by atoms with van der Waals surface area (Å²) >= 11 is 0. The predicted octanol–water partition coefficient (Wildman–Crippen LogP) is 2.73. The summed E-state index contributed by atoms with van der Waals surface area (Å²) < 4.78 is 0. The summed E-state index contributed by atoms with van der Waals surface area (Å²) in [6, 6.07) is 2.88. The van der Waals surface area contributed by atoms with Gasteiger partial charge in [0.25, 0.3) is 0 Å². The van der Waals surface area contributed by atoms with Crippen molar-refractivity contribution in [1.82, 2.24) is 10.3 Å². The first-order valence-corrected chi connectivity index (χ1v) is 7.04. The Hall–Kier alpha value is -1.09. The van der Waals surface area contributed by atoms with Crippen molar-refractivity contribution in [1.29, 1.82) is 0 Å². The second kappa shape index (κ2) is 5.70. The van der Waals surface area contributed by atoms with Gasteiger partial charge in [-0.1, -0.05) is 13.8 Å². The maximum atomic E-state index is 4.44. The first-order valence-electron chi connectivity index (χ1n) is 7.04. The lowest BCUT2D eigenvalue weighted by molar-refractivity contribution is 0.625. The highest BCUT2D eigenvalue weighted by molar-refractivity contribution is 5.55. The van der Waals surface area contributed by atoms with Gasteiger partial charge in [0.2, 0.25) is 0 Å². The van der Waals surface area contributed by atoms with Crippen LogP contribution in [0.4, 0.5) is 5.69 Å². The molecule has 1 saturated heterocycles. The van der Waals surface area contributed by atoms with Gasteiger partial charge in [0.1, 0.15) is 0 Å². The fourth-order valence-corrected chi connectivity index (χ4v) is 2.87. The minimum atomic E-state index is 0.641. The van der Waals surface area contributed by atoms with Crippen LogP contribution in [0.2, 0.25) is 0 Å². The lowest BCUT2D eigenvalue weighted by Gasteiger charge is -2.27. The van der Waals surface area contributed by atoms with E-state index in [1.807, 2.05) is 6.20 Å². The van der Waals surface area contributed by atoms with Crippen molar-refractivity contribution in [3.05, 3.63) is 23.5 Å². The van der Waals surface area contributed by atoms with Gasteiger partial charge in [-0.25, -0.2) is 0 Å². The molecule has 0 amide bonds. The number of hydrogen-bond acceptors (Lipinski definition) is 3. The normalized spacial score (nSPS) is 23.7. The highest BCUT2D eigenvalue weighted by Gasteiger charge is 2.27. The third-order valence-corrected chi connectivity index (χ3v) is 3.76. The van der Waals surface area contributed by atoms with Gasteiger partial charge in [0.05, 0.1) is 0 Å². The Morgan fingerprint density at radius 1 is 1.44 bits per heavy atom. The molecule has 18 heavy (non-hydrogen) atoms. The molecule has 2 rings (SSSR count). The van der Waals surface area contributed by atoms with Crippen LogP contribution in [0, 0.1) is 12.8 Å². The summed E-state index contributed by atoms with van der Waals surface area (Å²) in [5.74, 6) is 0.792. The van der Waals surface area contributed by atoms with E-state index in [0.29, 0.717) is 6.04 Å². The number of anilines is 1.